The number of hydrogen-bond donors (Lipinski definition) is 2. The number of anilines is 1. The monoisotopic (exact) mass is 465 g/mol. The van der Waals surface area contributed by atoms with Gasteiger partial charge in [0.25, 0.3) is 0 Å². The zero-order chi connectivity index (χ0) is 23.9. The number of benzene rings is 1. The lowest BCUT2D eigenvalue weighted by molar-refractivity contribution is -0.144. The highest BCUT2D eigenvalue weighted by Crippen LogP contribution is 2.29. The van der Waals surface area contributed by atoms with E-state index in [0.29, 0.717) is 31.0 Å². The third kappa shape index (κ3) is 5.95. The molecule has 0 saturated carbocycles. The van der Waals surface area contributed by atoms with E-state index in [4.69, 9.17) is 9.72 Å². The third-order valence-corrected chi connectivity index (χ3v) is 7.07. The number of likely N-dealkylation sites (tertiary alicyclic amines) is 1. The van der Waals surface area contributed by atoms with E-state index in [-0.39, 0.29) is 5.92 Å². The van der Waals surface area contributed by atoms with E-state index in [1.807, 2.05) is 17.0 Å². The van der Waals surface area contributed by atoms with Crippen LogP contribution in [0.2, 0.25) is 0 Å². The topological polar surface area (TPSA) is 91.8 Å². The Hall–Kier alpha value is -2.93. The molecule has 1 unspecified atom stereocenters. The molecular weight excluding hydrogens is 430 g/mol. The highest BCUT2D eigenvalue weighted by Gasteiger charge is 2.32. The molecule has 4 rings (SSSR count). The Labute approximate surface area is 201 Å². The number of pyridine rings is 1. The van der Waals surface area contributed by atoms with Crippen LogP contribution in [0.4, 0.5) is 5.82 Å². The predicted octanol–water partition coefficient (Wildman–Crippen LogP) is 4.27. The predicted molar refractivity (Wildman–Crippen MR) is 131 cm³/mol. The fraction of sp³-hybridized carbons (Fsp3) is 0.519. The van der Waals surface area contributed by atoms with E-state index in [1.165, 1.54) is 5.56 Å². The summed E-state index contributed by atoms with van der Waals surface area (Å²) in [6.45, 7) is 2.22. The van der Waals surface area contributed by atoms with Crippen molar-refractivity contribution < 1.29 is 19.4 Å². The normalized spacial score (nSPS) is 17.4. The average Bonchev–Trinajstić information content (AvgIpc) is 2.87. The highest BCUT2D eigenvalue weighted by atomic mass is 16.5. The molecule has 2 N–H and O–H groups in total. The molecule has 1 aromatic carbocycles. The zero-order valence-corrected chi connectivity index (χ0v) is 20.0. The third-order valence-electron chi connectivity index (χ3n) is 7.07. The number of carbonyl (C=O) groups excluding carboxylic acids is 1. The first kappa shape index (κ1) is 24.2. The van der Waals surface area contributed by atoms with Crippen molar-refractivity contribution in [1.29, 1.82) is 0 Å². The molecular formula is C27H35N3O4. The number of Topliss-reactive ketones (excluding diaryl/α,β-unsaturated/α-hetero) is 1. The van der Waals surface area contributed by atoms with Crippen LogP contribution in [0.25, 0.3) is 0 Å². The number of nitrogens with one attached hydrogen (secondary N) is 1. The van der Waals surface area contributed by atoms with Crippen LogP contribution < -0.4 is 10.1 Å². The van der Waals surface area contributed by atoms with E-state index < -0.39 is 12.0 Å². The van der Waals surface area contributed by atoms with E-state index in [2.05, 4.69) is 17.4 Å². The molecule has 7 heteroatoms. The lowest BCUT2D eigenvalue weighted by atomic mass is 9.88. The van der Waals surface area contributed by atoms with Gasteiger partial charge < -0.3 is 15.2 Å². The number of unbranched alkanes of at least 4 members (excludes halogenated alkanes) is 1. The molecule has 0 amide bonds. The number of aliphatic carboxylic acids is 1. The summed E-state index contributed by atoms with van der Waals surface area (Å²) in [5.41, 5.74) is 3.13. The first-order valence-corrected chi connectivity index (χ1v) is 12.4. The minimum atomic E-state index is -0.860. The van der Waals surface area contributed by atoms with Gasteiger partial charge in [-0.3, -0.25) is 14.5 Å². The molecule has 0 spiro atoms. The Morgan fingerprint density at radius 3 is 2.62 bits per heavy atom. The van der Waals surface area contributed by atoms with Gasteiger partial charge in [0.2, 0.25) is 0 Å². The number of carboxylic acids is 1. The molecule has 1 atom stereocenters. The molecule has 0 bridgehead atoms. The molecule has 2 aliphatic rings. The van der Waals surface area contributed by atoms with Crippen LogP contribution in [0.5, 0.6) is 5.75 Å². The summed E-state index contributed by atoms with van der Waals surface area (Å²) < 4.78 is 5.18. The Balaban J connectivity index is 1.21. The molecule has 0 aliphatic carbocycles. The fourth-order valence-electron chi connectivity index (χ4n) is 5.09. The van der Waals surface area contributed by atoms with Gasteiger partial charge >= 0.3 is 5.97 Å². The molecule has 3 heterocycles. The number of nitrogens with zero attached hydrogens (tertiary/aromatic N) is 2. The van der Waals surface area contributed by atoms with Crippen LogP contribution in [0, 0.1) is 5.92 Å². The maximum Gasteiger partial charge on any atom is 0.325 e. The number of hydrogen-bond acceptors (Lipinski definition) is 6. The molecule has 2 aliphatic heterocycles. The average molecular weight is 466 g/mol. The summed E-state index contributed by atoms with van der Waals surface area (Å²) in [4.78, 5) is 31.5. The second-order valence-corrected chi connectivity index (χ2v) is 9.34. The minimum absolute atomic E-state index is 0.0348. The number of ether oxygens (including phenoxy) is 1. The Morgan fingerprint density at radius 1 is 1.15 bits per heavy atom. The summed E-state index contributed by atoms with van der Waals surface area (Å²) in [5, 5.41) is 13.2. The van der Waals surface area contributed by atoms with Gasteiger partial charge in [-0.2, -0.15) is 0 Å². The van der Waals surface area contributed by atoms with Crippen LogP contribution in [0.15, 0.2) is 36.4 Å². The largest absolute Gasteiger partial charge is 0.497 e. The number of carbonyl (C=O) groups is 2. The summed E-state index contributed by atoms with van der Waals surface area (Å²) in [6.07, 6.45) is 7.00. The van der Waals surface area contributed by atoms with E-state index in [0.717, 1.165) is 68.6 Å². The van der Waals surface area contributed by atoms with Crippen molar-refractivity contribution in [3.63, 3.8) is 0 Å². The molecule has 2 aromatic rings. The first-order valence-electron chi connectivity index (χ1n) is 12.4. The standard InChI is InChI=1S/C27H35N3O4/c1-34-23-12-9-20(10-13-23)25(27(32)33)30-17-14-19(15-18-30)24(31)7-3-2-6-22-11-8-21-5-4-16-28-26(21)29-22/h8-13,19,25H,2-7,14-18H2,1H3,(H,28,29)(H,32,33). The number of piperidine rings is 1. The second kappa shape index (κ2) is 11.5. The van der Waals surface area contributed by atoms with Crippen molar-refractivity contribution >= 4 is 17.6 Å². The molecule has 1 saturated heterocycles. The van der Waals surface area contributed by atoms with Gasteiger partial charge in [-0.1, -0.05) is 18.2 Å². The Bertz CT molecular complexity index is 984. The lowest BCUT2D eigenvalue weighted by Crippen LogP contribution is -2.41. The van der Waals surface area contributed by atoms with Gasteiger partial charge in [-0.25, -0.2) is 4.98 Å². The van der Waals surface area contributed by atoms with Crippen molar-refractivity contribution in [2.75, 3.05) is 32.1 Å². The van der Waals surface area contributed by atoms with Crippen molar-refractivity contribution in [3.05, 3.63) is 53.2 Å². The number of rotatable bonds is 10. The molecule has 7 nitrogen and oxygen atoms in total. The number of fused-ring (bicyclic) bond motifs is 1. The molecule has 182 valence electrons. The SMILES string of the molecule is COc1ccc(C(C(=O)O)N2CCC(C(=O)CCCCc3ccc4c(n3)NCCC4)CC2)cc1. The maximum absolute atomic E-state index is 12.8. The fourth-order valence-corrected chi connectivity index (χ4v) is 5.09. The number of carboxylic acid groups (broad SMARTS) is 1. The van der Waals surface area contributed by atoms with Crippen LogP contribution in [0.1, 0.15) is 61.4 Å². The Morgan fingerprint density at radius 2 is 1.91 bits per heavy atom. The number of methoxy groups -OCH3 is 1. The van der Waals surface area contributed by atoms with Gasteiger partial charge in [0.1, 0.15) is 23.4 Å². The summed E-state index contributed by atoms with van der Waals surface area (Å²) >= 11 is 0. The first-order chi connectivity index (χ1) is 16.5. The van der Waals surface area contributed by atoms with Gasteiger partial charge in [-0.15, -0.1) is 0 Å². The number of aromatic nitrogens is 1. The summed E-state index contributed by atoms with van der Waals surface area (Å²) in [5.74, 6) is 1.22. The van der Waals surface area contributed by atoms with Crippen LogP contribution in [-0.2, 0) is 22.4 Å². The number of aryl methyl sites for hydroxylation is 2. The van der Waals surface area contributed by atoms with Crippen LogP contribution in [0.3, 0.4) is 0 Å². The van der Waals surface area contributed by atoms with Crippen molar-refractivity contribution in [2.45, 2.75) is 57.4 Å². The van der Waals surface area contributed by atoms with E-state index in [9.17, 15) is 14.7 Å². The smallest absolute Gasteiger partial charge is 0.325 e. The Kier molecular flexibility index (Phi) is 8.16. The molecule has 34 heavy (non-hydrogen) atoms. The minimum Gasteiger partial charge on any atom is -0.497 e. The molecule has 1 fully saturated rings. The van der Waals surface area contributed by atoms with E-state index >= 15 is 0 Å². The van der Waals surface area contributed by atoms with Crippen LogP contribution in [-0.4, -0.2) is 53.5 Å². The zero-order valence-electron chi connectivity index (χ0n) is 20.0. The van der Waals surface area contributed by atoms with Gasteiger partial charge in [0.15, 0.2) is 0 Å². The molecule has 0 radical (unpaired) electrons. The van der Waals surface area contributed by atoms with Crippen molar-refractivity contribution in [3.8, 4) is 5.75 Å². The van der Waals surface area contributed by atoms with Gasteiger partial charge in [0, 0.05) is 24.6 Å². The van der Waals surface area contributed by atoms with Gasteiger partial charge in [0.05, 0.1) is 7.11 Å². The number of ketones is 1. The second-order valence-electron chi connectivity index (χ2n) is 9.34. The van der Waals surface area contributed by atoms with E-state index in [1.54, 1.807) is 19.2 Å². The summed E-state index contributed by atoms with van der Waals surface area (Å²) in [6, 6.07) is 10.8. The van der Waals surface area contributed by atoms with Crippen LogP contribution >= 0.6 is 0 Å². The van der Waals surface area contributed by atoms with Crippen molar-refractivity contribution in [2.24, 2.45) is 5.92 Å². The maximum atomic E-state index is 12.8. The van der Waals surface area contributed by atoms with Crippen molar-refractivity contribution in [1.82, 2.24) is 9.88 Å². The summed E-state index contributed by atoms with van der Waals surface area (Å²) in [7, 11) is 1.59. The highest BCUT2D eigenvalue weighted by molar-refractivity contribution is 5.81. The molecule has 1 aromatic heterocycles. The quantitative estimate of drug-likeness (QED) is 0.506. The lowest BCUT2D eigenvalue weighted by Gasteiger charge is -2.35. The van der Waals surface area contributed by atoms with Gasteiger partial charge in [-0.05, 0) is 87.4 Å².